The third kappa shape index (κ3) is 3.55. The number of nitrogens with one attached hydrogen (secondary N) is 1. The summed E-state index contributed by atoms with van der Waals surface area (Å²) in [6.07, 6.45) is 0. The molecule has 26 heavy (non-hydrogen) atoms. The highest BCUT2D eigenvalue weighted by Gasteiger charge is 2.49. The predicted octanol–water partition coefficient (Wildman–Crippen LogP) is 2.85. The van der Waals surface area contributed by atoms with E-state index in [2.05, 4.69) is 5.32 Å². The molecular weight excluding hydrogens is 356 g/mol. The second-order valence-corrected chi connectivity index (χ2v) is 6.54. The Labute approximate surface area is 155 Å². The molecule has 1 N–H and O–H groups in total. The first-order valence-corrected chi connectivity index (χ1v) is 8.37. The molecule has 0 bridgehead atoms. The Morgan fingerprint density at radius 2 is 1.77 bits per heavy atom. The van der Waals surface area contributed by atoms with Gasteiger partial charge in [-0.05, 0) is 30.2 Å². The number of imide groups is 1. The van der Waals surface area contributed by atoms with Crippen LogP contribution in [0.25, 0.3) is 0 Å². The van der Waals surface area contributed by atoms with Gasteiger partial charge >= 0.3 is 12.0 Å². The van der Waals surface area contributed by atoms with Crippen LogP contribution in [-0.2, 0) is 26.5 Å². The number of nitrogens with zero attached hydrogens (tertiary/aromatic N) is 1. The molecule has 0 saturated carbocycles. The lowest BCUT2D eigenvalue weighted by Crippen LogP contribution is -2.41. The van der Waals surface area contributed by atoms with Crippen LogP contribution in [0.3, 0.4) is 0 Å². The third-order valence-electron chi connectivity index (χ3n) is 4.23. The van der Waals surface area contributed by atoms with Gasteiger partial charge in [0.2, 0.25) is 0 Å². The topological polar surface area (TPSA) is 75.7 Å². The summed E-state index contributed by atoms with van der Waals surface area (Å²) in [5.41, 5.74) is 0.207. The Balaban J connectivity index is 1.64. The lowest BCUT2D eigenvalue weighted by Gasteiger charge is -2.21. The minimum absolute atomic E-state index is 0.0373. The summed E-state index contributed by atoms with van der Waals surface area (Å²) in [5, 5.41) is 3.23. The zero-order valence-corrected chi connectivity index (χ0v) is 14.8. The van der Waals surface area contributed by atoms with Gasteiger partial charge in [0.1, 0.15) is 18.7 Å². The van der Waals surface area contributed by atoms with Crippen LogP contribution in [0.1, 0.15) is 18.1 Å². The number of amides is 3. The van der Waals surface area contributed by atoms with Gasteiger partial charge in [-0.1, -0.05) is 54.1 Å². The molecule has 7 heteroatoms. The van der Waals surface area contributed by atoms with Crippen molar-refractivity contribution >= 4 is 29.5 Å². The van der Waals surface area contributed by atoms with Crippen LogP contribution >= 0.6 is 11.6 Å². The van der Waals surface area contributed by atoms with Gasteiger partial charge in [-0.2, -0.15) is 0 Å². The molecule has 0 unspecified atom stereocenters. The number of esters is 1. The fourth-order valence-corrected chi connectivity index (χ4v) is 2.85. The number of benzene rings is 2. The maximum Gasteiger partial charge on any atom is 0.326 e. The van der Waals surface area contributed by atoms with E-state index < -0.39 is 30.0 Å². The van der Waals surface area contributed by atoms with E-state index in [1.54, 1.807) is 55.5 Å². The molecule has 0 aromatic heterocycles. The molecule has 1 saturated heterocycles. The second kappa shape index (κ2) is 7.17. The van der Waals surface area contributed by atoms with Crippen LogP contribution in [0.2, 0.25) is 5.02 Å². The Morgan fingerprint density at radius 1 is 1.12 bits per heavy atom. The second-order valence-electron chi connectivity index (χ2n) is 6.10. The van der Waals surface area contributed by atoms with Crippen molar-refractivity contribution in [3.63, 3.8) is 0 Å². The fraction of sp³-hybridized carbons (Fsp3) is 0.211. The Bertz CT molecular complexity index is 838. The van der Waals surface area contributed by atoms with Crippen molar-refractivity contribution in [3.8, 4) is 0 Å². The molecule has 0 spiro atoms. The molecule has 3 amide bonds. The molecule has 134 valence electrons. The smallest absolute Gasteiger partial charge is 0.326 e. The monoisotopic (exact) mass is 372 g/mol. The highest BCUT2D eigenvalue weighted by Crippen LogP contribution is 2.28. The SMILES string of the molecule is C[C@]1(c2ccccc2)NC(=O)N(CC(=O)OCc2ccc(Cl)cc2)C1=O. The molecular formula is C19H17ClN2O4. The zero-order valence-electron chi connectivity index (χ0n) is 14.1. The number of rotatable bonds is 5. The molecule has 6 nitrogen and oxygen atoms in total. The van der Waals surface area contributed by atoms with Gasteiger partial charge in [-0.15, -0.1) is 0 Å². The number of hydrogen-bond donors (Lipinski definition) is 1. The summed E-state index contributed by atoms with van der Waals surface area (Å²) in [6, 6.07) is 15.1. The van der Waals surface area contributed by atoms with Crippen LogP contribution < -0.4 is 5.32 Å². The Kier molecular flexibility index (Phi) is 4.95. The van der Waals surface area contributed by atoms with Gasteiger partial charge in [0.15, 0.2) is 0 Å². The molecule has 2 aromatic carbocycles. The Morgan fingerprint density at radius 3 is 2.42 bits per heavy atom. The zero-order chi connectivity index (χ0) is 18.7. The highest BCUT2D eigenvalue weighted by atomic mass is 35.5. The summed E-state index contributed by atoms with van der Waals surface area (Å²) >= 11 is 5.80. The molecule has 1 aliphatic heterocycles. The third-order valence-corrected chi connectivity index (χ3v) is 4.48. The highest BCUT2D eigenvalue weighted by molar-refractivity contribution is 6.30. The number of hydrogen-bond acceptors (Lipinski definition) is 4. The predicted molar refractivity (Wildman–Crippen MR) is 95.3 cm³/mol. The molecule has 1 fully saturated rings. The van der Waals surface area contributed by atoms with E-state index in [1.807, 2.05) is 6.07 Å². The van der Waals surface area contributed by atoms with Crippen LogP contribution in [0, 0.1) is 0 Å². The number of urea groups is 1. The average Bonchev–Trinajstić information content (AvgIpc) is 2.86. The van der Waals surface area contributed by atoms with Gasteiger partial charge in [-0.3, -0.25) is 14.5 Å². The summed E-state index contributed by atoms with van der Waals surface area (Å²) in [7, 11) is 0. The lowest BCUT2D eigenvalue weighted by molar-refractivity contribution is -0.148. The van der Waals surface area contributed by atoms with E-state index in [0.29, 0.717) is 10.6 Å². The largest absolute Gasteiger partial charge is 0.459 e. The maximum atomic E-state index is 12.7. The lowest BCUT2D eigenvalue weighted by atomic mass is 9.92. The van der Waals surface area contributed by atoms with E-state index in [0.717, 1.165) is 10.5 Å². The van der Waals surface area contributed by atoms with E-state index in [4.69, 9.17) is 16.3 Å². The van der Waals surface area contributed by atoms with Crippen molar-refractivity contribution < 1.29 is 19.1 Å². The van der Waals surface area contributed by atoms with Gasteiger partial charge < -0.3 is 10.1 Å². The first-order chi connectivity index (χ1) is 12.4. The van der Waals surface area contributed by atoms with Crippen LogP contribution in [0.15, 0.2) is 54.6 Å². The number of halogens is 1. The van der Waals surface area contributed by atoms with E-state index in [1.165, 1.54) is 0 Å². The van der Waals surface area contributed by atoms with Gasteiger partial charge in [-0.25, -0.2) is 4.79 Å². The van der Waals surface area contributed by atoms with Crippen molar-refractivity contribution in [2.75, 3.05) is 6.54 Å². The quantitative estimate of drug-likeness (QED) is 0.646. The van der Waals surface area contributed by atoms with Crippen molar-refractivity contribution in [1.29, 1.82) is 0 Å². The number of ether oxygens (including phenoxy) is 1. The summed E-state index contributed by atoms with van der Waals surface area (Å²) in [4.78, 5) is 37.8. The van der Waals surface area contributed by atoms with Gasteiger partial charge in [0, 0.05) is 5.02 Å². The molecule has 3 rings (SSSR count). The molecule has 1 heterocycles. The minimum atomic E-state index is -1.20. The molecule has 2 aromatic rings. The van der Waals surface area contributed by atoms with Gasteiger partial charge in [0.25, 0.3) is 5.91 Å². The van der Waals surface area contributed by atoms with Crippen molar-refractivity contribution in [2.24, 2.45) is 0 Å². The summed E-state index contributed by atoms with van der Waals surface area (Å²) in [5.74, 6) is -1.15. The van der Waals surface area contributed by atoms with Crippen LogP contribution in [-0.4, -0.2) is 29.4 Å². The molecule has 0 radical (unpaired) electrons. The first-order valence-electron chi connectivity index (χ1n) is 8.00. The standard InChI is InChI=1S/C19H17ClN2O4/c1-19(14-5-3-2-4-6-14)17(24)22(18(25)21-19)11-16(23)26-12-13-7-9-15(20)10-8-13/h2-10H,11-12H2,1H3,(H,21,25)/t19-/m1/s1. The Hall–Kier alpha value is -2.86. The van der Waals surface area contributed by atoms with E-state index in [9.17, 15) is 14.4 Å². The van der Waals surface area contributed by atoms with Crippen molar-refractivity contribution in [3.05, 3.63) is 70.7 Å². The van der Waals surface area contributed by atoms with Gasteiger partial charge in [0.05, 0.1) is 0 Å². The first kappa shape index (κ1) is 17.9. The molecule has 0 aliphatic carbocycles. The van der Waals surface area contributed by atoms with Crippen LogP contribution in [0.4, 0.5) is 4.79 Å². The van der Waals surface area contributed by atoms with Crippen LogP contribution in [0.5, 0.6) is 0 Å². The summed E-state index contributed by atoms with van der Waals surface area (Å²) < 4.78 is 5.14. The number of carbonyl (C=O) groups is 3. The minimum Gasteiger partial charge on any atom is -0.459 e. The number of carbonyl (C=O) groups excluding carboxylic acids is 3. The van der Waals surface area contributed by atoms with E-state index in [-0.39, 0.29) is 6.61 Å². The average molecular weight is 373 g/mol. The summed E-state index contributed by atoms with van der Waals surface area (Å²) in [6.45, 7) is 1.21. The maximum absolute atomic E-state index is 12.7. The van der Waals surface area contributed by atoms with Crippen molar-refractivity contribution in [2.45, 2.75) is 19.1 Å². The van der Waals surface area contributed by atoms with Crippen molar-refractivity contribution in [1.82, 2.24) is 10.2 Å². The fourth-order valence-electron chi connectivity index (χ4n) is 2.73. The molecule has 1 aliphatic rings. The normalized spacial score (nSPS) is 19.4. The molecule has 1 atom stereocenters. The van der Waals surface area contributed by atoms with E-state index >= 15 is 0 Å².